The first-order chi connectivity index (χ1) is 13.8. The van der Waals surface area contributed by atoms with Gasteiger partial charge in [-0.25, -0.2) is 9.97 Å². The highest BCUT2D eigenvalue weighted by molar-refractivity contribution is 5.79. The summed E-state index contributed by atoms with van der Waals surface area (Å²) in [6, 6.07) is 8.85. The van der Waals surface area contributed by atoms with E-state index in [4.69, 9.17) is 4.98 Å². The van der Waals surface area contributed by atoms with Crippen molar-refractivity contribution >= 4 is 10.9 Å². The molecule has 1 saturated heterocycles. The Kier molecular flexibility index (Phi) is 4.62. The van der Waals surface area contributed by atoms with Gasteiger partial charge < -0.3 is 9.97 Å². The van der Waals surface area contributed by atoms with Crippen LogP contribution in [-0.2, 0) is 13.0 Å². The van der Waals surface area contributed by atoms with Gasteiger partial charge in [-0.3, -0.25) is 9.88 Å². The van der Waals surface area contributed by atoms with Gasteiger partial charge in [-0.1, -0.05) is 12.1 Å². The van der Waals surface area contributed by atoms with Crippen LogP contribution in [0.25, 0.3) is 22.4 Å². The van der Waals surface area contributed by atoms with Crippen LogP contribution < -0.4 is 0 Å². The zero-order valence-electron chi connectivity index (χ0n) is 15.8. The van der Waals surface area contributed by atoms with Gasteiger partial charge in [-0.05, 0) is 54.8 Å². The van der Waals surface area contributed by atoms with Gasteiger partial charge in [0.2, 0.25) is 0 Å². The Bertz CT molecular complexity index is 1050. The molecule has 2 N–H and O–H groups in total. The number of hydrogen-bond acceptors (Lipinski definition) is 4. The van der Waals surface area contributed by atoms with Crippen LogP contribution >= 0.6 is 0 Å². The van der Waals surface area contributed by atoms with Gasteiger partial charge in [-0.15, -0.1) is 0 Å². The maximum absolute atomic E-state index is 4.77. The summed E-state index contributed by atoms with van der Waals surface area (Å²) in [5.41, 5.74) is 4.45. The van der Waals surface area contributed by atoms with Crippen molar-refractivity contribution in [1.82, 2.24) is 29.8 Å². The molecule has 142 valence electrons. The second-order valence-electron chi connectivity index (χ2n) is 7.68. The van der Waals surface area contributed by atoms with Crippen LogP contribution in [0, 0.1) is 5.92 Å². The predicted octanol–water partition coefficient (Wildman–Crippen LogP) is 3.80. The van der Waals surface area contributed by atoms with E-state index in [9.17, 15) is 0 Å². The van der Waals surface area contributed by atoms with E-state index in [-0.39, 0.29) is 0 Å². The minimum absolute atomic E-state index is 0.615. The maximum Gasteiger partial charge on any atom is 0.157 e. The van der Waals surface area contributed by atoms with Crippen molar-refractivity contribution in [2.75, 3.05) is 13.1 Å². The minimum Gasteiger partial charge on any atom is -0.361 e. The number of aromatic amines is 2. The smallest absolute Gasteiger partial charge is 0.157 e. The highest BCUT2D eigenvalue weighted by Gasteiger charge is 2.21. The lowest BCUT2D eigenvalue weighted by Gasteiger charge is -2.32. The van der Waals surface area contributed by atoms with Gasteiger partial charge in [0.25, 0.3) is 0 Å². The second-order valence-corrected chi connectivity index (χ2v) is 7.68. The third-order valence-electron chi connectivity index (χ3n) is 5.55. The van der Waals surface area contributed by atoms with Crippen molar-refractivity contribution in [2.24, 2.45) is 5.92 Å². The number of imidazole rings is 1. The molecule has 3 aromatic heterocycles. The summed E-state index contributed by atoms with van der Waals surface area (Å²) in [4.78, 5) is 22.4. The molecule has 1 aliphatic rings. The molecule has 0 saturated carbocycles. The molecule has 1 aromatic carbocycles. The summed E-state index contributed by atoms with van der Waals surface area (Å²) in [6.07, 6.45) is 12.7. The number of aromatic nitrogens is 5. The van der Waals surface area contributed by atoms with E-state index >= 15 is 0 Å². The van der Waals surface area contributed by atoms with Gasteiger partial charge in [0.15, 0.2) is 5.82 Å². The standard InChI is InChI=1S/C22H24N6/c1-2-16(10-19-12-23-13-21(27-19)22-25-7-8-26-22)14-28(9-1)15-17-3-4-18-5-6-24-20(18)11-17/h3-8,11-13,16,24H,1-2,9-10,14-15H2,(H,25,26)/t16-/m1/s1. The molecule has 1 atom stereocenters. The van der Waals surface area contributed by atoms with Gasteiger partial charge in [0.05, 0.1) is 11.9 Å². The first-order valence-corrected chi connectivity index (χ1v) is 9.92. The fraction of sp³-hybridized carbons (Fsp3) is 0.318. The van der Waals surface area contributed by atoms with E-state index in [1.165, 1.54) is 29.3 Å². The number of benzene rings is 1. The molecule has 0 unspecified atom stereocenters. The molecule has 28 heavy (non-hydrogen) atoms. The highest BCUT2D eigenvalue weighted by Crippen LogP contribution is 2.23. The molecule has 0 aliphatic carbocycles. The highest BCUT2D eigenvalue weighted by atomic mass is 15.1. The molecule has 4 heterocycles. The Labute approximate surface area is 164 Å². The zero-order chi connectivity index (χ0) is 18.8. The van der Waals surface area contributed by atoms with Crippen molar-refractivity contribution in [2.45, 2.75) is 25.8 Å². The quantitative estimate of drug-likeness (QED) is 0.559. The van der Waals surface area contributed by atoms with Crippen LogP contribution in [0.4, 0.5) is 0 Å². The fourth-order valence-corrected chi connectivity index (χ4v) is 4.23. The molecule has 6 nitrogen and oxygen atoms in total. The molecule has 0 spiro atoms. The predicted molar refractivity (Wildman–Crippen MR) is 110 cm³/mol. The Morgan fingerprint density at radius 2 is 2.11 bits per heavy atom. The van der Waals surface area contributed by atoms with E-state index in [1.54, 1.807) is 12.4 Å². The topological polar surface area (TPSA) is 73.5 Å². The number of piperidine rings is 1. The van der Waals surface area contributed by atoms with Crippen LogP contribution in [0.3, 0.4) is 0 Å². The van der Waals surface area contributed by atoms with Crippen LogP contribution in [0.15, 0.2) is 55.2 Å². The number of nitrogens with zero attached hydrogens (tertiary/aromatic N) is 4. The number of hydrogen-bond donors (Lipinski definition) is 2. The van der Waals surface area contributed by atoms with Gasteiger partial charge in [-0.2, -0.15) is 0 Å². The van der Waals surface area contributed by atoms with E-state index in [1.807, 2.05) is 18.6 Å². The number of rotatable bonds is 5. The lowest BCUT2D eigenvalue weighted by Crippen LogP contribution is -2.35. The van der Waals surface area contributed by atoms with Crippen molar-refractivity contribution in [1.29, 1.82) is 0 Å². The summed E-state index contributed by atoms with van der Waals surface area (Å²) >= 11 is 0. The lowest BCUT2D eigenvalue weighted by molar-refractivity contribution is 0.166. The van der Waals surface area contributed by atoms with E-state index in [2.05, 4.69) is 49.1 Å². The Morgan fingerprint density at radius 3 is 3.04 bits per heavy atom. The van der Waals surface area contributed by atoms with Crippen molar-refractivity contribution in [3.05, 3.63) is 66.5 Å². The summed E-state index contributed by atoms with van der Waals surface area (Å²) in [5.74, 6) is 1.39. The third-order valence-corrected chi connectivity index (χ3v) is 5.55. The largest absolute Gasteiger partial charge is 0.361 e. The monoisotopic (exact) mass is 372 g/mol. The number of likely N-dealkylation sites (tertiary alicyclic amines) is 1. The number of nitrogens with one attached hydrogen (secondary N) is 2. The minimum atomic E-state index is 0.615. The fourth-order valence-electron chi connectivity index (χ4n) is 4.23. The molecule has 0 bridgehead atoms. The SMILES string of the molecule is c1c[nH]c(-c2cncc(C[C@H]3CCCN(Cc4ccc5cc[nH]c5c4)C3)n2)n1. The summed E-state index contributed by atoms with van der Waals surface area (Å²) in [7, 11) is 0. The first kappa shape index (κ1) is 17.1. The number of H-pyrrole nitrogens is 2. The third kappa shape index (κ3) is 3.68. The number of fused-ring (bicyclic) bond motifs is 1. The Balaban J connectivity index is 1.25. The van der Waals surface area contributed by atoms with Crippen LogP contribution in [0.5, 0.6) is 0 Å². The van der Waals surface area contributed by atoms with Gasteiger partial charge in [0.1, 0.15) is 5.69 Å². The van der Waals surface area contributed by atoms with E-state index < -0.39 is 0 Å². The molecule has 4 aromatic rings. The molecule has 1 fully saturated rings. The average molecular weight is 372 g/mol. The maximum atomic E-state index is 4.77. The van der Waals surface area contributed by atoms with Gasteiger partial charge in [0, 0.05) is 43.4 Å². The van der Waals surface area contributed by atoms with Crippen LogP contribution in [0.2, 0.25) is 0 Å². The van der Waals surface area contributed by atoms with E-state index in [0.717, 1.165) is 43.3 Å². The van der Waals surface area contributed by atoms with Crippen LogP contribution in [0.1, 0.15) is 24.1 Å². The van der Waals surface area contributed by atoms with Crippen molar-refractivity contribution in [3.63, 3.8) is 0 Å². The summed E-state index contributed by atoms with van der Waals surface area (Å²) in [6.45, 7) is 3.27. The van der Waals surface area contributed by atoms with E-state index in [0.29, 0.717) is 5.92 Å². The molecule has 0 amide bonds. The normalized spacial score (nSPS) is 17.9. The molecule has 5 rings (SSSR count). The van der Waals surface area contributed by atoms with Crippen molar-refractivity contribution < 1.29 is 0 Å². The van der Waals surface area contributed by atoms with Crippen LogP contribution in [-0.4, -0.2) is 42.9 Å². The zero-order valence-corrected chi connectivity index (χ0v) is 15.8. The van der Waals surface area contributed by atoms with Gasteiger partial charge >= 0.3 is 0 Å². The molecular formula is C22H24N6. The molecule has 6 heteroatoms. The molecular weight excluding hydrogens is 348 g/mol. The molecule has 0 radical (unpaired) electrons. The second kappa shape index (κ2) is 7.56. The molecule has 1 aliphatic heterocycles. The van der Waals surface area contributed by atoms with Crippen molar-refractivity contribution in [3.8, 4) is 11.5 Å². The summed E-state index contributed by atoms with van der Waals surface area (Å²) in [5, 5.41) is 1.27. The average Bonchev–Trinajstić information content (AvgIpc) is 3.40. The Hall–Kier alpha value is -2.99. The first-order valence-electron chi connectivity index (χ1n) is 9.92. The Morgan fingerprint density at radius 1 is 1.11 bits per heavy atom. The summed E-state index contributed by atoms with van der Waals surface area (Å²) < 4.78 is 0. The lowest BCUT2D eigenvalue weighted by atomic mass is 9.93.